The third-order valence-electron chi connectivity index (χ3n) is 4.56. The first-order valence-corrected chi connectivity index (χ1v) is 10.5. The first kappa shape index (κ1) is 27.8. The van der Waals surface area contributed by atoms with E-state index in [0.717, 1.165) is 0 Å². The third-order valence-corrected chi connectivity index (χ3v) is 4.56. The number of carboxylic acid groups (broad SMARTS) is 1. The lowest BCUT2D eigenvalue weighted by atomic mass is 10.0. The molecule has 0 saturated carbocycles. The van der Waals surface area contributed by atoms with Crippen LogP contribution in [0.25, 0.3) is 0 Å². The average molecular weight is 430 g/mol. The summed E-state index contributed by atoms with van der Waals surface area (Å²) in [5.74, 6) is -2.93. The van der Waals surface area contributed by atoms with Crippen molar-refractivity contribution in [3.8, 4) is 0 Å². The zero-order chi connectivity index (χ0) is 23.4. The van der Waals surface area contributed by atoms with Crippen molar-refractivity contribution in [1.82, 2.24) is 16.0 Å². The summed E-state index contributed by atoms with van der Waals surface area (Å²) in [4.78, 5) is 49.0. The van der Waals surface area contributed by atoms with Crippen LogP contribution >= 0.6 is 0 Å². The number of aliphatic carboxylic acids is 1. The van der Waals surface area contributed by atoms with Gasteiger partial charge in [-0.3, -0.25) is 14.4 Å². The molecule has 0 spiro atoms. The molecule has 0 bridgehead atoms. The van der Waals surface area contributed by atoms with Crippen LogP contribution in [-0.2, 0) is 19.2 Å². The Hall–Kier alpha value is -2.20. The summed E-state index contributed by atoms with van der Waals surface area (Å²) in [5, 5.41) is 17.1. The Morgan fingerprint density at radius 3 is 1.80 bits per heavy atom. The van der Waals surface area contributed by atoms with Crippen LogP contribution in [0.4, 0.5) is 0 Å². The molecular formula is C20H39N5O5. The van der Waals surface area contributed by atoms with Crippen molar-refractivity contribution in [3.63, 3.8) is 0 Å². The molecule has 174 valence electrons. The number of carbonyl (C=O) groups is 4. The molecule has 0 aromatic rings. The number of hydrogen-bond acceptors (Lipinski definition) is 6. The van der Waals surface area contributed by atoms with Crippen LogP contribution in [0, 0.1) is 11.8 Å². The highest BCUT2D eigenvalue weighted by Crippen LogP contribution is 2.09. The van der Waals surface area contributed by atoms with E-state index in [0.29, 0.717) is 32.2 Å². The van der Waals surface area contributed by atoms with Crippen LogP contribution in [0.1, 0.15) is 60.3 Å². The van der Waals surface area contributed by atoms with E-state index in [1.54, 1.807) is 13.8 Å². The van der Waals surface area contributed by atoms with Gasteiger partial charge in [-0.1, -0.05) is 27.7 Å². The van der Waals surface area contributed by atoms with Gasteiger partial charge in [0.15, 0.2) is 0 Å². The quantitative estimate of drug-likeness (QED) is 0.205. The maximum Gasteiger partial charge on any atom is 0.326 e. The van der Waals surface area contributed by atoms with Gasteiger partial charge in [-0.05, 0) is 51.0 Å². The monoisotopic (exact) mass is 429 g/mol. The molecule has 3 amide bonds. The van der Waals surface area contributed by atoms with Crippen LogP contribution in [0.2, 0.25) is 0 Å². The van der Waals surface area contributed by atoms with Gasteiger partial charge in [0, 0.05) is 0 Å². The Morgan fingerprint density at radius 1 is 0.833 bits per heavy atom. The number of carbonyl (C=O) groups excluding carboxylic acids is 3. The summed E-state index contributed by atoms with van der Waals surface area (Å²) in [6.45, 7) is 9.13. The SMILES string of the molecule is CC(C)CC(NC(=O)C(C)N)C(=O)NC(CCCCN)C(=O)NC(C(=O)O)C(C)C. The number of nitrogens with two attached hydrogens (primary N) is 2. The van der Waals surface area contributed by atoms with Gasteiger partial charge in [0.05, 0.1) is 6.04 Å². The highest BCUT2D eigenvalue weighted by molar-refractivity contribution is 5.94. The minimum Gasteiger partial charge on any atom is -0.480 e. The molecule has 0 fully saturated rings. The Kier molecular flexibility index (Phi) is 12.9. The van der Waals surface area contributed by atoms with E-state index in [1.807, 2.05) is 13.8 Å². The van der Waals surface area contributed by atoms with Gasteiger partial charge >= 0.3 is 5.97 Å². The van der Waals surface area contributed by atoms with E-state index in [-0.39, 0.29) is 11.8 Å². The molecule has 0 heterocycles. The van der Waals surface area contributed by atoms with Gasteiger partial charge < -0.3 is 32.5 Å². The largest absolute Gasteiger partial charge is 0.480 e. The topological polar surface area (TPSA) is 177 Å². The minimum absolute atomic E-state index is 0.107. The predicted octanol–water partition coefficient (Wildman–Crippen LogP) is -0.296. The fourth-order valence-corrected chi connectivity index (χ4v) is 2.81. The molecule has 30 heavy (non-hydrogen) atoms. The molecule has 0 aromatic heterocycles. The fourth-order valence-electron chi connectivity index (χ4n) is 2.81. The van der Waals surface area contributed by atoms with Crippen molar-refractivity contribution in [2.24, 2.45) is 23.3 Å². The summed E-state index contributed by atoms with van der Waals surface area (Å²) >= 11 is 0. The first-order chi connectivity index (χ1) is 13.9. The van der Waals surface area contributed by atoms with Crippen LogP contribution in [0.3, 0.4) is 0 Å². The van der Waals surface area contributed by atoms with Crippen molar-refractivity contribution in [2.45, 2.75) is 84.5 Å². The van der Waals surface area contributed by atoms with Gasteiger partial charge in [0.2, 0.25) is 17.7 Å². The van der Waals surface area contributed by atoms with Crippen LogP contribution in [-0.4, -0.2) is 59.5 Å². The number of hydrogen-bond donors (Lipinski definition) is 6. The van der Waals surface area contributed by atoms with Crippen molar-refractivity contribution < 1.29 is 24.3 Å². The van der Waals surface area contributed by atoms with Crippen molar-refractivity contribution in [3.05, 3.63) is 0 Å². The average Bonchev–Trinajstić information content (AvgIpc) is 2.63. The zero-order valence-electron chi connectivity index (χ0n) is 18.7. The molecule has 0 aromatic carbocycles. The molecule has 0 aliphatic carbocycles. The number of amides is 3. The number of carboxylic acids is 1. The van der Waals surface area contributed by atoms with Gasteiger partial charge in [-0.2, -0.15) is 0 Å². The second-order valence-corrected chi connectivity index (χ2v) is 8.39. The summed E-state index contributed by atoms with van der Waals surface area (Å²) in [5.41, 5.74) is 11.1. The molecule has 0 rings (SSSR count). The predicted molar refractivity (Wildman–Crippen MR) is 114 cm³/mol. The van der Waals surface area contributed by atoms with E-state index in [4.69, 9.17) is 11.5 Å². The van der Waals surface area contributed by atoms with E-state index < -0.39 is 47.9 Å². The molecule has 4 unspecified atom stereocenters. The van der Waals surface area contributed by atoms with Gasteiger partial charge in [-0.25, -0.2) is 4.79 Å². The Balaban J connectivity index is 5.41. The second kappa shape index (κ2) is 13.9. The van der Waals surface area contributed by atoms with Crippen LogP contribution in [0.5, 0.6) is 0 Å². The summed E-state index contributed by atoms with van der Waals surface area (Å²) in [6.07, 6.45) is 1.90. The summed E-state index contributed by atoms with van der Waals surface area (Å²) in [6, 6.07) is -3.64. The molecule has 0 radical (unpaired) electrons. The van der Waals surface area contributed by atoms with Crippen LogP contribution < -0.4 is 27.4 Å². The first-order valence-electron chi connectivity index (χ1n) is 10.5. The van der Waals surface area contributed by atoms with Crippen LogP contribution in [0.15, 0.2) is 0 Å². The van der Waals surface area contributed by atoms with Crippen molar-refractivity contribution in [2.75, 3.05) is 6.54 Å². The molecular weight excluding hydrogens is 390 g/mol. The zero-order valence-corrected chi connectivity index (χ0v) is 18.7. The fraction of sp³-hybridized carbons (Fsp3) is 0.800. The molecule has 10 nitrogen and oxygen atoms in total. The smallest absolute Gasteiger partial charge is 0.326 e. The maximum atomic E-state index is 12.9. The van der Waals surface area contributed by atoms with E-state index in [2.05, 4.69) is 16.0 Å². The van der Waals surface area contributed by atoms with Gasteiger partial charge in [-0.15, -0.1) is 0 Å². The minimum atomic E-state index is -1.15. The van der Waals surface area contributed by atoms with Crippen molar-refractivity contribution >= 4 is 23.7 Å². The maximum absolute atomic E-state index is 12.9. The number of rotatable bonds is 14. The lowest BCUT2D eigenvalue weighted by Gasteiger charge is -2.26. The Morgan fingerprint density at radius 2 is 1.37 bits per heavy atom. The molecule has 4 atom stereocenters. The normalized spacial score (nSPS) is 15.2. The molecule has 10 heteroatoms. The van der Waals surface area contributed by atoms with Gasteiger partial charge in [0.1, 0.15) is 18.1 Å². The standard InChI is InChI=1S/C20H39N5O5/c1-11(2)10-15(24-17(26)13(5)22)19(28)23-14(8-6-7-9-21)18(27)25-16(12(3)4)20(29)30/h11-16H,6-10,21-22H2,1-5H3,(H,23,28)(H,24,26)(H,25,27)(H,29,30). The van der Waals surface area contributed by atoms with E-state index >= 15 is 0 Å². The van der Waals surface area contributed by atoms with E-state index in [9.17, 15) is 24.3 Å². The highest BCUT2D eigenvalue weighted by atomic mass is 16.4. The molecule has 0 saturated heterocycles. The second-order valence-electron chi connectivity index (χ2n) is 8.39. The Labute approximate surface area is 178 Å². The van der Waals surface area contributed by atoms with E-state index in [1.165, 1.54) is 6.92 Å². The summed E-state index contributed by atoms with van der Waals surface area (Å²) < 4.78 is 0. The van der Waals surface area contributed by atoms with Gasteiger partial charge in [0.25, 0.3) is 0 Å². The lowest BCUT2D eigenvalue weighted by Crippen LogP contribution is -2.57. The molecule has 0 aliphatic rings. The lowest BCUT2D eigenvalue weighted by molar-refractivity contribution is -0.143. The third kappa shape index (κ3) is 10.5. The van der Waals surface area contributed by atoms with Crippen molar-refractivity contribution in [1.29, 1.82) is 0 Å². The highest BCUT2D eigenvalue weighted by Gasteiger charge is 2.31. The molecule has 0 aliphatic heterocycles. The Bertz CT molecular complexity index is 580. The number of nitrogens with one attached hydrogen (secondary N) is 3. The number of unbranched alkanes of at least 4 members (excludes halogenated alkanes) is 1. The summed E-state index contributed by atoms with van der Waals surface area (Å²) in [7, 11) is 0. The molecule has 8 N–H and O–H groups in total.